The molecule has 1 saturated heterocycles. The molecule has 0 aliphatic carbocycles. The smallest absolute Gasteiger partial charge is 0.165 e. The van der Waals surface area contributed by atoms with Crippen LogP contribution in [0, 0.1) is 5.82 Å². The molecule has 1 aliphatic rings. The number of nitrogens with zero attached hydrogens (tertiary/aromatic N) is 2. The highest BCUT2D eigenvalue weighted by molar-refractivity contribution is 5.41. The predicted molar refractivity (Wildman–Crippen MR) is 70.1 cm³/mol. The van der Waals surface area contributed by atoms with Crippen LogP contribution in [0.25, 0.3) is 5.69 Å². The predicted octanol–water partition coefficient (Wildman–Crippen LogP) is 2.44. The quantitative estimate of drug-likeness (QED) is 0.922. The Kier molecular flexibility index (Phi) is 3.21. The molecule has 0 radical (unpaired) electrons. The summed E-state index contributed by atoms with van der Waals surface area (Å²) in [6.07, 6.45) is 5.88. The lowest BCUT2D eigenvalue weighted by molar-refractivity contribution is 0.386. The summed E-state index contributed by atoms with van der Waals surface area (Å²) in [5.74, 6) is -0.108. The number of hydrogen-bond donors (Lipinski definition) is 1. The van der Waals surface area contributed by atoms with Gasteiger partial charge in [0.05, 0.1) is 31.0 Å². The van der Waals surface area contributed by atoms with Crippen molar-refractivity contribution in [3.63, 3.8) is 0 Å². The lowest BCUT2D eigenvalue weighted by atomic mass is 10.1. The van der Waals surface area contributed by atoms with Crippen molar-refractivity contribution in [1.82, 2.24) is 14.9 Å². The molecule has 1 unspecified atom stereocenters. The molecular weight excluding hydrogens is 245 g/mol. The fraction of sp³-hybridized carbons (Fsp3) is 0.357. The fourth-order valence-corrected chi connectivity index (χ4v) is 2.51. The van der Waals surface area contributed by atoms with Gasteiger partial charge in [0.15, 0.2) is 11.6 Å². The summed E-state index contributed by atoms with van der Waals surface area (Å²) in [6.45, 7) is 1.03. The van der Waals surface area contributed by atoms with Crippen LogP contribution in [-0.2, 0) is 0 Å². The van der Waals surface area contributed by atoms with Gasteiger partial charge in [0, 0.05) is 12.1 Å². The van der Waals surface area contributed by atoms with Crippen molar-refractivity contribution in [2.45, 2.75) is 18.9 Å². The first-order chi connectivity index (χ1) is 9.29. The highest BCUT2D eigenvalue weighted by Gasteiger charge is 2.20. The number of rotatable bonds is 3. The van der Waals surface area contributed by atoms with Crippen LogP contribution in [0.1, 0.15) is 24.6 Å². The topological polar surface area (TPSA) is 39.1 Å². The standard InChI is InChI=1S/C14H16FN3O/c1-19-14-7-10(4-5-11(14)15)18-9-16-8-13(18)12-3-2-6-17-12/h4-5,7-9,12,17H,2-3,6H2,1H3. The Morgan fingerprint density at radius 1 is 1.47 bits per heavy atom. The van der Waals surface area contributed by atoms with Crippen molar-refractivity contribution in [2.75, 3.05) is 13.7 Å². The molecule has 4 nitrogen and oxygen atoms in total. The Morgan fingerprint density at radius 3 is 3.11 bits per heavy atom. The van der Waals surface area contributed by atoms with Crippen LogP contribution in [0.5, 0.6) is 5.75 Å². The molecule has 2 heterocycles. The van der Waals surface area contributed by atoms with Gasteiger partial charge in [-0.05, 0) is 31.5 Å². The molecule has 2 aromatic rings. The molecule has 1 aromatic heterocycles. The zero-order chi connectivity index (χ0) is 13.2. The van der Waals surface area contributed by atoms with Crippen molar-refractivity contribution in [2.24, 2.45) is 0 Å². The highest BCUT2D eigenvalue weighted by atomic mass is 19.1. The van der Waals surface area contributed by atoms with Gasteiger partial charge in [-0.3, -0.25) is 0 Å². The first-order valence-corrected chi connectivity index (χ1v) is 6.39. The Labute approximate surface area is 111 Å². The van der Waals surface area contributed by atoms with Crippen LogP contribution in [0.4, 0.5) is 4.39 Å². The summed E-state index contributed by atoms with van der Waals surface area (Å²) in [7, 11) is 1.47. The minimum Gasteiger partial charge on any atom is -0.494 e. The van der Waals surface area contributed by atoms with Crippen LogP contribution in [0.3, 0.4) is 0 Å². The Hall–Kier alpha value is -1.88. The average molecular weight is 261 g/mol. The molecule has 1 aliphatic heterocycles. The van der Waals surface area contributed by atoms with E-state index in [2.05, 4.69) is 10.3 Å². The van der Waals surface area contributed by atoms with Crippen LogP contribution >= 0.6 is 0 Å². The molecule has 1 aromatic carbocycles. The third-order valence-corrected chi connectivity index (χ3v) is 3.50. The third kappa shape index (κ3) is 2.21. The molecule has 3 rings (SSSR count). The van der Waals surface area contributed by atoms with Crippen LogP contribution in [0.15, 0.2) is 30.7 Å². The van der Waals surface area contributed by atoms with E-state index in [-0.39, 0.29) is 11.6 Å². The van der Waals surface area contributed by atoms with Crippen LogP contribution < -0.4 is 10.1 Å². The van der Waals surface area contributed by atoms with E-state index in [0.29, 0.717) is 6.04 Å². The van der Waals surface area contributed by atoms with Gasteiger partial charge < -0.3 is 14.6 Å². The minimum absolute atomic E-state index is 0.247. The normalized spacial score (nSPS) is 18.7. The Bertz CT molecular complexity index is 576. The van der Waals surface area contributed by atoms with Gasteiger partial charge in [-0.15, -0.1) is 0 Å². The second-order valence-corrected chi connectivity index (χ2v) is 4.66. The zero-order valence-electron chi connectivity index (χ0n) is 10.8. The Balaban J connectivity index is 2.00. The van der Waals surface area contributed by atoms with E-state index < -0.39 is 0 Å². The van der Waals surface area contributed by atoms with Gasteiger partial charge in [0.2, 0.25) is 0 Å². The molecule has 0 saturated carbocycles. The van der Waals surface area contributed by atoms with Crippen LogP contribution in [0.2, 0.25) is 0 Å². The van der Waals surface area contributed by atoms with E-state index in [4.69, 9.17) is 4.74 Å². The van der Waals surface area contributed by atoms with Gasteiger partial charge in [0.25, 0.3) is 0 Å². The minimum atomic E-state index is -0.355. The number of ether oxygens (including phenoxy) is 1. The second kappa shape index (κ2) is 5.01. The number of imidazole rings is 1. The Morgan fingerprint density at radius 2 is 2.37 bits per heavy atom. The first-order valence-electron chi connectivity index (χ1n) is 6.39. The number of benzene rings is 1. The van der Waals surface area contributed by atoms with Gasteiger partial charge in [0.1, 0.15) is 0 Å². The zero-order valence-corrected chi connectivity index (χ0v) is 10.8. The van der Waals surface area contributed by atoms with E-state index in [1.54, 1.807) is 18.5 Å². The number of hydrogen-bond acceptors (Lipinski definition) is 3. The average Bonchev–Trinajstić information content (AvgIpc) is 3.09. The fourth-order valence-electron chi connectivity index (χ4n) is 2.51. The maximum Gasteiger partial charge on any atom is 0.165 e. The lowest BCUT2D eigenvalue weighted by Crippen LogP contribution is -2.16. The first kappa shape index (κ1) is 12.2. The van der Waals surface area contributed by atoms with E-state index in [1.165, 1.54) is 19.6 Å². The van der Waals surface area contributed by atoms with Crippen molar-refractivity contribution in [3.05, 3.63) is 42.2 Å². The number of aromatic nitrogens is 2. The van der Waals surface area contributed by atoms with Gasteiger partial charge in [-0.1, -0.05) is 0 Å². The molecule has 5 heteroatoms. The summed E-state index contributed by atoms with van der Waals surface area (Å²) in [4.78, 5) is 4.21. The monoisotopic (exact) mass is 261 g/mol. The third-order valence-electron chi connectivity index (χ3n) is 3.50. The number of nitrogens with one attached hydrogen (secondary N) is 1. The van der Waals surface area contributed by atoms with Crippen LogP contribution in [-0.4, -0.2) is 23.2 Å². The van der Waals surface area contributed by atoms with E-state index in [0.717, 1.165) is 24.3 Å². The molecule has 100 valence electrons. The molecule has 0 amide bonds. The summed E-state index contributed by atoms with van der Waals surface area (Å²) in [5, 5.41) is 3.44. The maximum atomic E-state index is 13.5. The molecule has 1 atom stereocenters. The van der Waals surface area contributed by atoms with E-state index >= 15 is 0 Å². The largest absolute Gasteiger partial charge is 0.494 e. The number of methoxy groups -OCH3 is 1. The maximum absolute atomic E-state index is 13.5. The van der Waals surface area contributed by atoms with Crippen molar-refractivity contribution in [1.29, 1.82) is 0 Å². The summed E-state index contributed by atoms with van der Waals surface area (Å²) < 4.78 is 20.5. The summed E-state index contributed by atoms with van der Waals surface area (Å²) in [5.41, 5.74) is 1.96. The molecule has 1 fully saturated rings. The number of halogens is 1. The molecule has 0 bridgehead atoms. The highest BCUT2D eigenvalue weighted by Crippen LogP contribution is 2.27. The van der Waals surface area contributed by atoms with Gasteiger partial charge >= 0.3 is 0 Å². The van der Waals surface area contributed by atoms with E-state index in [1.807, 2.05) is 10.8 Å². The lowest BCUT2D eigenvalue weighted by Gasteiger charge is -2.14. The van der Waals surface area contributed by atoms with Gasteiger partial charge in [-0.25, -0.2) is 9.37 Å². The van der Waals surface area contributed by atoms with Gasteiger partial charge in [-0.2, -0.15) is 0 Å². The van der Waals surface area contributed by atoms with E-state index in [9.17, 15) is 4.39 Å². The van der Waals surface area contributed by atoms with Crippen molar-refractivity contribution < 1.29 is 9.13 Å². The van der Waals surface area contributed by atoms with Crippen molar-refractivity contribution in [3.8, 4) is 11.4 Å². The molecule has 0 spiro atoms. The molecule has 19 heavy (non-hydrogen) atoms. The van der Waals surface area contributed by atoms with Crippen molar-refractivity contribution >= 4 is 0 Å². The summed E-state index contributed by atoms with van der Waals surface area (Å²) in [6, 6.07) is 5.16. The second-order valence-electron chi connectivity index (χ2n) is 4.66. The molecule has 1 N–H and O–H groups in total. The SMILES string of the molecule is COc1cc(-n2cncc2C2CCCN2)ccc1F. The summed E-state index contributed by atoms with van der Waals surface area (Å²) >= 11 is 0. The molecular formula is C14H16FN3O.